The fraction of sp³-hybridized carbons (Fsp3) is 0.375. The van der Waals surface area contributed by atoms with Gasteiger partial charge in [0.2, 0.25) is 5.88 Å². The summed E-state index contributed by atoms with van der Waals surface area (Å²) >= 11 is 4.62. The van der Waals surface area contributed by atoms with Crippen molar-refractivity contribution >= 4 is 18.0 Å². The minimum Gasteiger partial charge on any atom is -0.494 e. The molecule has 0 aliphatic carbocycles. The van der Waals surface area contributed by atoms with E-state index in [-0.39, 0.29) is 16.8 Å². The second-order valence-corrected chi connectivity index (χ2v) is 3.21. The van der Waals surface area contributed by atoms with Gasteiger partial charge in [-0.05, 0) is 18.6 Å². The topological polar surface area (TPSA) is 85.9 Å². The number of aromatic hydroxyl groups is 1. The molecule has 0 bridgehead atoms. The van der Waals surface area contributed by atoms with Gasteiger partial charge in [-0.25, -0.2) is 0 Å². The van der Waals surface area contributed by atoms with Gasteiger partial charge >= 0.3 is 0 Å². The molecule has 0 aliphatic rings. The molecule has 1 heterocycles. The summed E-state index contributed by atoms with van der Waals surface area (Å²) in [6, 6.07) is 0. The Kier molecular flexibility index (Phi) is 3.19. The number of ketones is 1. The van der Waals surface area contributed by atoms with Gasteiger partial charge in [0.15, 0.2) is 10.6 Å². The van der Waals surface area contributed by atoms with Gasteiger partial charge in [0.05, 0.1) is 0 Å². The first kappa shape index (κ1) is 10.6. The van der Waals surface area contributed by atoms with Gasteiger partial charge < -0.3 is 10.1 Å². The third kappa shape index (κ3) is 2.08. The predicted molar refractivity (Wildman–Crippen MR) is 53.2 cm³/mol. The molecule has 6 heteroatoms. The van der Waals surface area contributed by atoms with Crippen LogP contribution in [0.2, 0.25) is 0 Å². The number of rotatable bonds is 3. The van der Waals surface area contributed by atoms with E-state index in [4.69, 9.17) is 0 Å². The smallest absolute Gasteiger partial charge is 0.266 e. The maximum atomic E-state index is 11.4. The quantitative estimate of drug-likeness (QED) is 0.520. The standard InChI is InChI=1S/C8H10N2O3S/c1-2-3-4(11)5-6(12)9-8(14)10-7(5)13/h2-3H2,1H3,(H3,9,10,12,13,14). The van der Waals surface area contributed by atoms with E-state index in [1.165, 1.54) is 0 Å². The first-order valence-corrected chi connectivity index (χ1v) is 4.55. The average molecular weight is 214 g/mol. The van der Waals surface area contributed by atoms with Crippen molar-refractivity contribution in [3.05, 3.63) is 20.7 Å². The molecule has 14 heavy (non-hydrogen) atoms. The predicted octanol–water partition coefficient (Wildman–Crippen LogP) is 1.12. The summed E-state index contributed by atoms with van der Waals surface area (Å²) in [5.74, 6) is -0.852. The van der Waals surface area contributed by atoms with Crippen molar-refractivity contribution in [1.29, 1.82) is 0 Å². The molecule has 0 fully saturated rings. The highest BCUT2D eigenvalue weighted by Crippen LogP contribution is 2.10. The first-order valence-electron chi connectivity index (χ1n) is 4.15. The number of hydrogen-bond acceptors (Lipinski definition) is 4. The highest BCUT2D eigenvalue weighted by Gasteiger charge is 2.15. The molecule has 0 saturated carbocycles. The second kappa shape index (κ2) is 4.19. The van der Waals surface area contributed by atoms with Gasteiger partial charge in [-0.2, -0.15) is 0 Å². The fourth-order valence-corrected chi connectivity index (χ4v) is 1.27. The molecular formula is C8H10N2O3S. The Morgan fingerprint density at radius 3 is 2.64 bits per heavy atom. The fourth-order valence-electron chi connectivity index (χ4n) is 1.09. The van der Waals surface area contributed by atoms with Crippen LogP contribution in [-0.2, 0) is 0 Å². The molecule has 1 rings (SSSR count). The molecule has 0 atom stereocenters. The van der Waals surface area contributed by atoms with Crippen LogP contribution in [0.3, 0.4) is 0 Å². The van der Waals surface area contributed by atoms with E-state index in [2.05, 4.69) is 22.2 Å². The average Bonchev–Trinajstić information content (AvgIpc) is 2.01. The highest BCUT2D eigenvalue weighted by atomic mass is 32.1. The molecule has 0 aliphatic heterocycles. The van der Waals surface area contributed by atoms with Gasteiger partial charge in [0.1, 0.15) is 5.56 Å². The van der Waals surface area contributed by atoms with E-state index >= 15 is 0 Å². The Morgan fingerprint density at radius 1 is 1.50 bits per heavy atom. The van der Waals surface area contributed by atoms with E-state index in [0.29, 0.717) is 6.42 Å². The molecule has 0 amide bonds. The SMILES string of the molecule is CCCC(=O)c1c(O)[nH]c(=S)[nH]c1=O. The lowest BCUT2D eigenvalue weighted by Crippen LogP contribution is -2.18. The van der Waals surface area contributed by atoms with Crippen molar-refractivity contribution in [2.75, 3.05) is 0 Å². The number of carbonyl (C=O) groups is 1. The van der Waals surface area contributed by atoms with Gasteiger partial charge in [-0.3, -0.25) is 14.6 Å². The van der Waals surface area contributed by atoms with Crippen LogP contribution in [0.15, 0.2) is 4.79 Å². The summed E-state index contributed by atoms with van der Waals surface area (Å²) in [6.07, 6.45) is 0.842. The van der Waals surface area contributed by atoms with Crippen LogP contribution < -0.4 is 5.56 Å². The van der Waals surface area contributed by atoms with E-state index in [0.717, 1.165) is 0 Å². The molecule has 0 unspecified atom stereocenters. The number of carbonyl (C=O) groups excluding carboxylic acids is 1. The molecule has 76 valence electrons. The molecule has 0 aromatic carbocycles. The van der Waals surface area contributed by atoms with E-state index in [9.17, 15) is 14.7 Å². The van der Waals surface area contributed by atoms with E-state index in [1.807, 2.05) is 6.92 Å². The molecule has 1 aromatic heterocycles. The van der Waals surface area contributed by atoms with Crippen LogP contribution in [0.25, 0.3) is 0 Å². The van der Waals surface area contributed by atoms with Gasteiger partial charge in [0, 0.05) is 6.42 Å². The zero-order chi connectivity index (χ0) is 10.7. The summed E-state index contributed by atoms with van der Waals surface area (Å²) in [7, 11) is 0. The molecule has 0 saturated heterocycles. The van der Waals surface area contributed by atoms with Crippen LogP contribution in [0.4, 0.5) is 0 Å². The van der Waals surface area contributed by atoms with Crippen LogP contribution in [0, 0.1) is 4.77 Å². The van der Waals surface area contributed by atoms with Crippen molar-refractivity contribution in [2.24, 2.45) is 0 Å². The first-order chi connectivity index (χ1) is 6.56. The Hall–Kier alpha value is -1.43. The molecule has 3 N–H and O–H groups in total. The summed E-state index contributed by atoms with van der Waals surface area (Å²) in [6.45, 7) is 1.81. The number of aromatic nitrogens is 2. The number of Topliss-reactive ketones (excluding diaryl/α,β-unsaturated/α-hetero) is 1. The normalized spacial score (nSPS) is 10.1. The molecule has 5 nitrogen and oxygen atoms in total. The minimum absolute atomic E-state index is 0.000508. The summed E-state index contributed by atoms with van der Waals surface area (Å²) < 4.78 is 0.000508. The van der Waals surface area contributed by atoms with Gasteiger partial charge in [0.25, 0.3) is 5.56 Å². The zero-order valence-electron chi connectivity index (χ0n) is 7.59. The lowest BCUT2D eigenvalue weighted by Gasteiger charge is -2.00. The van der Waals surface area contributed by atoms with Crippen molar-refractivity contribution in [3.8, 4) is 5.88 Å². The molecule has 0 radical (unpaired) electrons. The third-order valence-corrected chi connectivity index (χ3v) is 1.88. The number of hydrogen-bond donors (Lipinski definition) is 3. The van der Waals surface area contributed by atoms with Crippen LogP contribution in [-0.4, -0.2) is 20.9 Å². The summed E-state index contributed by atoms with van der Waals surface area (Å²) in [5.41, 5.74) is -0.898. The van der Waals surface area contributed by atoms with Crippen molar-refractivity contribution < 1.29 is 9.90 Å². The molecule has 0 spiro atoms. The highest BCUT2D eigenvalue weighted by molar-refractivity contribution is 7.71. The summed E-state index contributed by atoms with van der Waals surface area (Å²) in [4.78, 5) is 27.2. The van der Waals surface area contributed by atoms with Crippen molar-refractivity contribution in [1.82, 2.24) is 9.97 Å². The second-order valence-electron chi connectivity index (χ2n) is 2.81. The zero-order valence-corrected chi connectivity index (χ0v) is 8.40. The van der Waals surface area contributed by atoms with Gasteiger partial charge in [-0.1, -0.05) is 6.92 Å². The Labute approximate surface area is 84.8 Å². The van der Waals surface area contributed by atoms with Gasteiger partial charge in [-0.15, -0.1) is 0 Å². The Bertz CT molecular complexity index is 460. The minimum atomic E-state index is -0.648. The van der Waals surface area contributed by atoms with E-state index < -0.39 is 17.2 Å². The number of aromatic amines is 2. The molecule has 1 aromatic rings. The maximum Gasteiger partial charge on any atom is 0.266 e. The lowest BCUT2D eigenvalue weighted by molar-refractivity contribution is 0.0976. The Morgan fingerprint density at radius 2 is 2.14 bits per heavy atom. The van der Waals surface area contributed by atoms with Crippen LogP contribution in [0.1, 0.15) is 30.1 Å². The monoisotopic (exact) mass is 214 g/mol. The third-order valence-electron chi connectivity index (χ3n) is 1.68. The van der Waals surface area contributed by atoms with Crippen LogP contribution >= 0.6 is 12.2 Å². The number of nitrogens with one attached hydrogen (secondary N) is 2. The van der Waals surface area contributed by atoms with E-state index in [1.54, 1.807) is 0 Å². The Balaban J connectivity index is 3.28. The lowest BCUT2D eigenvalue weighted by atomic mass is 10.1. The maximum absolute atomic E-state index is 11.4. The largest absolute Gasteiger partial charge is 0.494 e. The van der Waals surface area contributed by atoms with Crippen LogP contribution in [0.5, 0.6) is 5.88 Å². The van der Waals surface area contributed by atoms with Crippen molar-refractivity contribution in [2.45, 2.75) is 19.8 Å². The summed E-state index contributed by atoms with van der Waals surface area (Å²) in [5, 5.41) is 9.31. The van der Waals surface area contributed by atoms with Crippen molar-refractivity contribution in [3.63, 3.8) is 0 Å². The molecular weight excluding hydrogens is 204 g/mol. The number of H-pyrrole nitrogens is 2.